The molecule has 21 heavy (non-hydrogen) atoms. The van der Waals surface area contributed by atoms with Crippen molar-refractivity contribution in [3.63, 3.8) is 0 Å². The molecule has 0 spiro atoms. The highest BCUT2D eigenvalue weighted by Crippen LogP contribution is 2.26. The van der Waals surface area contributed by atoms with Crippen LogP contribution in [0.1, 0.15) is 11.1 Å². The third kappa shape index (κ3) is 4.32. The Kier molecular flexibility index (Phi) is 5.82. The number of hydrazine groups is 1. The molecule has 1 aromatic heterocycles. The highest BCUT2D eigenvalue weighted by atomic mass is 35.5. The number of nitrogens with one attached hydrogen (secondary N) is 1. The Morgan fingerprint density at radius 2 is 1.90 bits per heavy atom. The lowest BCUT2D eigenvalue weighted by Crippen LogP contribution is -2.38. The summed E-state index contributed by atoms with van der Waals surface area (Å²) in [6.45, 7) is 0. The van der Waals surface area contributed by atoms with E-state index in [4.69, 9.17) is 33.8 Å². The predicted molar refractivity (Wildman–Crippen MR) is 85.8 cm³/mol. The molecule has 0 amide bonds. The summed E-state index contributed by atoms with van der Waals surface area (Å²) in [5, 5.41) is 1.30. The number of ether oxygens (including phenoxy) is 1. The van der Waals surface area contributed by atoms with Gasteiger partial charge in [0.2, 0.25) is 5.88 Å². The Morgan fingerprint density at radius 1 is 1.19 bits per heavy atom. The quantitative estimate of drug-likeness (QED) is 0.633. The third-order valence-corrected chi connectivity index (χ3v) is 3.94. The molecule has 3 N–H and O–H groups in total. The Hall–Kier alpha value is -1.33. The number of methoxy groups -OCH3 is 1. The minimum atomic E-state index is 0.0117. The van der Waals surface area contributed by atoms with Crippen LogP contribution in [0.15, 0.2) is 36.5 Å². The summed E-state index contributed by atoms with van der Waals surface area (Å²) < 4.78 is 5.04. The number of hydrogen-bond acceptors (Lipinski definition) is 4. The van der Waals surface area contributed by atoms with E-state index in [2.05, 4.69) is 10.4 Å². The Balaban J connectivity index is 2.09. The van der Waals surface area contributed by atoms with E-state index >= 15 is 0 Å². The van der Waals surface area contributed by atoms with Gasteiger partial charge in [-0.1, -0.05) is 35.3 Å². The average Bonchev–Trinajstić information content (AvgIpc) is 2.50. The lowest BCUT2D eigenvalue weighted by atomic mass is 10.0. The number of pyridine rings is 1. The van der Waals surface area contributed by atoms with E-state index in [1.165, 1.54) is 0 Å². The van der Waals surface area contributed by atoms with Crippen molar-refractivity contribution in [2.24, 2.45) is 5.84 Å². The van der Waals surface area contributed by atoms with Crippen LogP contribution in [0, 0.1) is 0 Å². The van der Waals surface area contributed by atoms with Crippen LogP contribution in [0.4, 0.5) is 0 Å². The topological polar surface area (TPSA) is 60.2 Å². The fourth-order valence-corrected chi connectivity index (χ4v) is 2.65. The smallest absolute Gasteiger partial charge is 0.212 e. The number of aromatic nitrogens is 1. The molecule has 6 heteroatoms. The minimum absolute atomic E-state index is 0.0117. The number of nitrogens with two attached hydrogens (primary N) is 1. The molecule has 0 fully saturated rings. The summed E-state index contributed by atoms with van der Waals surface area (Å²) >= 11 is 12.4. The first-order chi connectivity index (χ1) is 10.1. The van der Waals surface area contributed by atoms with E-state index < -0.39 is 0 Å². The van der Waals surface area contributed by atoms with Gasteiger partial charge >= 0.3 is 0 Å². The van der Waals surface area contributed by atoms with Crippen molar-refractivity contribution in [2.45, 2.75) is 18.9 Å². The summed E-state index contributed by atoms with van der Waals surface area (Å²) in [5.74, 6) is 6.23. The van der Waals surface area contributed by atoms with E-state index in [9.17, 15) is 0 Å². The van der Waals surface area contributed by atoms with Gasteiger partial charge in [-0.15, -0.1) is 0 Å². The number of nitrogens with zero attached hydrogens (tertiary/aromatic N) is 1. The molecule has 4 nitrogen and oxygen atoms in total. The van der Waals surface area contributed by atoms with Gasteiger partial charge < -0.3 is 4.74 Å². The van der Waals surface area contributed by atoms with E-state index in [0.717, 1.165) is 17.5 Å². The third-order valence-electron chi connectivity index (χ3n) is 3.24. The van der Waals surface area contributed by atoms with Crippen LogP contribution in [0.3, 0.4) is 0 Å². The maximum atomic E-state index is 6.19. The van der Waals surface area contributed by atoms with Gasteiger partial charge in [0, 0.05) is 28.4 Å². The molecule has 2 aromatic rings. The molecule has 0 radical (unpaired) electrons. The largest absolute Gasteiger partial charge is 0.481 e. The zero-order valence-electron chi connectivity index (χ0n) is 11.6. The van der Waals surface area contributed by atoms with Crippen LogP contribution < -0.4 is 16.0 Å². The molecule has 1 atom stereocenters. The van der Waals surface area contributed by atoms with Gasteiger partial charge in [-0.2, -0.15) is 0 Å². The maximum absolute atomic E-state index is 6.19. The van der Waals surface area contributed by atoms with Crippen LogP contribution in [0.25, 0.3) is 0 Å². The van der Waals surface area contributed by atoms with Crippen LogP contribution in [-0.2, 0) is 12.8 Å². The van der Waals surface area contributed by atoms with E-state index in [1.54, 1.807) is 13.3 Å². The Labute approximate surface area is 134 Å². The molecule has 1 heterocycles. The first-order valence-corrected chi connectivity index (χ1v) is 7.27. The summed E-state index contributed by atoms with van der Waals surface area (Å²) in [7, 11) is 1.59. The van der Waals surface area contributed by atoms with Gasteiger partial charge in [0.05, 0.1) is 7.11 Å². The molecule has 0 bridgehead atoms. The number of rotatable bonds is 6. The fraction of sp³-hybridized carbons (Fsp3) is 0.267. The van der Waals surface area contributed by atoms with E-state index in [0.29, 0.717) is 22.3 Å². The second-order valence-electron chi connectivity index (χ2n) is 4.68. The molecule has 2 rings (SSSR count). The molecular formula is C15H17Cl2N3O. The fourth-order valence-electron chi connectivity index (χ4n) is 2.10. The zero-order valence-corrected chi connectivity index (χ0v) is 13.2. The summed E-state index contributed by atoms with van der Waals surface area (Å²) in [6.07, 6.45) is 3.13. The lowest BCUT2D eigenvalue weighted by molar-refractivity contribution is 0.397. The van der Waals surface area contributed by atoms with Gasteiger partial charge in [0.15, 0.2) is 0 Å². The van der Waals surface area contributed by atoms with Crippen molar-refractivity contribution in [3.05, 3.63) is 57.7 Å². The lowest BCUT2D eigenvalue weighted by Gasteiger charge is -2.17. The summed E-state index contributed by atoms with van der Waals surface area (Å²) in [4.78, 5) is 4.18. The molecule has 112 valence electrons. The molecule has 0 aliphatic rings. The summed E-state index contributed by atoms with van der Waals surface area (Å²) in [5.41, 5.74) is 4.76. The van der Waals surface area contributed by atoms with Crippen LogP contribution in [0.5, 0.6) is 5.88 Å². The molecule has 1 aromatic carbocycles. The number of hydrogen-bond donors (Lipinski definition) is 2. The SMILES string of the molecule is COc1ccc(CC(Cc2c(Cl)cccc2Cl)NN)cn1. The van der Waals surface area contributed by atoms with Crippen molar-refractivity contribution in [1.29, 1.82) is 0 Å². The number of benzene rings is 1. The van der Waals surface area contributed by atoms with E-state index in [1.807, 2.05) is 30.3 Å². The molecule has 0 saturated carbocycles. The van der Waals surface area contributed by atoms with Crippen molar-refractivity contribution >= 4 is 23.2 Å². The van der Waals surface area contributed by atoms with Crippen molar-refractivity contribution in [1.82, 2.24) is 10.4 Å². The van der Waals surface area contributed by atoms with Gasteiger partial charge in [-0.25, -0.2) is 4.98 Å². The standard InChI is InChI=1S/C15H17Cl2N3O/c1-21-15-6-5-10(9-19-15)7-11(20-18)8-12-13(16)3-2-4-14(12)17/h2-6,9,11,20H,7-8,18H2,1H3. The second kappa shape index (κ2) is 7.61. The molecular weight excluding hydrogens is 309 g/mol. The first-order valence-electron chi connectivity index (χ1n) is 6.52. The molecule has 1 unspecified atom stereocenters. The maximum Gasteiger partial charge on any atom is 0.212 e. The van der Waals surface area contributed by atoms with Gasteiger partial charge in [-0.05, 0) is 36.1 Å². The average molecular weight is 326 g/mol. The van der Waals surface area contributed by atoms with Crippen LogP contribution in [-0.4, -0.2) is 18.1 Å². The number of halogens is 2. The highest BCUT2D eigenvalue weighted by Gasteiger charge is 2.14. The summed E-state index contributed by atoms with van der Waals surface area (Å²) in [6, 6.07) is 9.27. The first kappa shape index (κ1) is 16.0. The van der Waals surface area contributed by atoms with Gasteiger partial charge in [-0.3, -0.25) is 11.3 Å². The predicted octanol–water partition coefficient (Wildman–Crippen LogP) is 3.01. The Morgan fingerprint density at radius 3 is 2.43 bits per heavy atom. The Bertz CT molecular complexity index is 570. The van der Waals surface area contributed by atoms with Crippen molar-refractivity contribution < 1.29 is 4.74 Å². The minimum Gasteiger partial charge on any atom is -0.481 e. The zero-order chi connectivity index (χ0) is 15.2. The highest BCUT2D eigenvalue weighted by molar-refractivity contribution is 6.36. The van der Waals surface area contributed by atoms with Gasteiger partial charge in [0.25, 0.3) is 0 Å². The van der Waals surface area contributed by atoms with Crippen molar-refractivity contribution in [2.75, 3.05) is 7.11 Å². The van der Waals surface area contributed by atoms with Crippen LogP contribution >= 0.6 is 23.2 Å². The van der Waals surface area contributed by atoms with Crippen molar-refractivity contribution in [3.8, 4) is 5.88 Å². The van der Waals surface area contributed by atoms with Gasteiger partial charge in [0.1, 0.15) is 0 Å². The monoisotopic (exact) mass is 325 g/mol. The molecule has 0 aliphatic heterocycles. The van der Waals surface area contributed by atoms with Crippen LogP contribution in [0.2, 0.25) is 10.0 Å². The van der Waals surface area contributed by atoms with E-state index in [-0.39, 0.29) is 6.04 Å². The second-order valence-corrected chi connectivity index (χ2v) is 5.50. The molecule has 0 aliphatic carbocycles. The normalized spacial score (nSPS) is 12.2. The molecule has 0 saturated heterocycles.